The fourth-order valence-corrected chi connectivity index (χ4v) is 4.26. The summed E-state index contributed by atoms with van der Waals surface area (Å²) in [7, 11) is 2.14. The van der Waals surface area contributed by atoms with Gasteiger partial charge in [-0.1, -0.05) is 36.4 Å². The van der Waals surface area contributed by atoms with Gasteiger partial charge in [-0.3, -0.25) is 4.90 Å². The number of anilines is 1. The standard InChI is InChI=1S/C24H19BrF3N3O5/c1-34-22(32)18-17(13-7-4-3-5-8-13)14(11-29)21(30)31(20(18)23(33)35-2)19-15(25)9-6-10-16(19)36-12-24(26,27)28/h3-10,17H,12,30H2,1-2H3. The van der Waals surface area contributed by atoms with Crippen molar-refractivity contribution in [3.8, 4) is 11.8 Å². The van der Waals surface area contributed by atoms with Crippen molar-refractivity contribution in [1.82, 2.24) is 0 Å². The quantitative estimate of drug-likeness (QED) is 0.516. The van der Waals surface area contributed by atoms with Crippen LogP contribution in [0, 0.1) is 11.3 Å². The number of carbonyl (C=O) groups excluding carboxylic acids is 2. The van der Waals surface area contributed by atoms with Gasteiger partial charge in [-0.2, -0.15) is 18.4 Å². The smallest absolute Gasteiger partial charge is 0.422 e. The van der Waals surface area contributed by atoms with Crippen molar-refractivity contribution in [2.24, 2.45) is 5.73 Å². The van der Waals surface area contributed by atoms with Gasteiger partial charge in [0, 0.05) is 4.47 Å². The Kier molecular flexibility index (Phi) is 7.94. The molecule has 1 heterocycles. The number of methoxy groups -OCH3 is 2. The topological polar surface area (TPSA) is 115 Å². The van der Waals surface area contributed by atoms with Crippen LogP contribution < -0.4 is 15.4 Å². The van der Waals surface area contributed by atoms with Crippen LogP contribution in [0.3, 0.4) is 0 Å². The molecule has 0 amide bonds. The van der Waals surface area contributed by atoms with Crippen molar-refractivity contribution in [2.75, 3.05) is 25.7 Å². The third kappa shape index (κ3) is 5.16. The van der Waals surface area contributed by atoms with Crippen LogP contribution in [0.25, 0.3) is 0 Å². The molecule has 1 atom stereocenters. The number of nitrogens with two attached hydrogens (primary N) is 1. The number of alkyl halides is 3. The van der Waals surface area contributed by atoms with Crippen LogP contribution in [0.2, 0.25) is 0 Å². The summed E-state index contributed by atoms with van der Waals surface area (Å²) in [6.07, 6.45) is -4.67. The van der Waals surface area contributed by atoms with Gasteiger partial charge in [-0.15, -0.1) is 0 Å². The average Bonchev–Trinajstić information content (AvgIpc) is 2.86. The summed E-state index contributed by atoms with van der Waals surface area (Å²) in [5.74, 6) is -3.79. The molecule has 2 N–H and O–H groups in total. The minimum Gasteiger partial charge on any atom is -0.482 e. The van der Waals surface area contributed by atoms with Crippen molar-refractivity contribution in [3.05, 3.63) is 81.2 Å². The van der Waals surface area contributed by atoms with Gasteiger partial charge >= 0.3 is 18.1 Å². The maximum Gasteiger partial charge on any atom is 0.422 e. The average molecular weight is 566 g/mol. The second-order valence-corrected chi connectivity index (χ2v) is 8.18. The highest BCUT2D eigenvalue weighted by Gasteiger charge is 2.44. The number of allylic oxidation sites excluding steroid dienone is 1. The number of benzene rings is 2. The van der Waals surface area contributed by atoms with Gasteiger partial charge in [0.05, 0.1) is 37.4 Å². The highest BCUT2D eigenvalue weighted by Crippen LogP contribution is 2.47. The first kappa shape index (κ1) is 26.6. The second-order valence-electron chi connectivity index (χ2n) is 7.33. The third-order valence-corrected chi connectivity index (χ3v) is 5.81. The highest BCUT2D eigenvalue weighted by atomic mass is 79.9. The van der Waals surface area contributed by atoms with Crippen LogP contribution in [0.4, 0.5) is 18.9 Å². The Balaban J connectivity index is 2.41. The molecule has 0 radical (unpaired) electrons. The van der Waals surface area contributed by atoms with E-state index in [9.17, 15) is 28.0 Å². The van der Waals surface area contributed by atoms with Gasteiger partial charge in [-0.25, -0.2) is 9.59 Å². The Bertz CT molecular complexity index is 1290. The maximum absolute atomic E-state index is 13.1. The van der Waals surface area contributed by atoms with Gasteiger partial charge in [0.25, 0.3) is 0 Å². The van der Waals surface area contributed by atoms with E-state index in [0.29, 0.717) is 5.56 Å². The second kappa shape index (κ2) is 10.7. The number of halogens is 4. The zero-order valence-electron chi connectivity index (χ0n) is 18.9. The van der Waals surface area contributed by atoms with Crippen molar-refractivity contribution >= 4 is 33.6 Å². The van der Waals surface area contributed by atoms with Crippen LogP contribution in [0.15, 0.2) is 75.7 Å². The predicted molar refractivity (Wildman–Crippen MR) is 125 cm³/mol. The molecule has 36 heavy (non-hydrogen) atoms. The Labute approximate surface area is 212 Å². The summed E-state index contributed by atoms with van der Waals surface area (Å²) in [6.45, 7) is -1.65. The van der Waals surface area contributed by atoms with Gasteiger partial charge in [0.2, 0.25) is 0 Å². The molecule has 2 aromatic carbocycles. The molecular weight excluding hydrogens is 547 g/mol. The Morgan fingerprint density at radius 2 is 1.72 bits per heavy atom. The third-order valence-electron chi connectivity index (χ3n) is 5.18. The number of hydrogen-bond donors (Lipinski definition) is 1. The van der Waals surface area contributed by atoms with E-state index in [2.05, 4.69) is 15.9 Å². The molecule has 188 valence electrons. The van der Waals surface area contributed by atoms with Crippen LogP contribution >= 0.6 is 15.9 Å². The molecule has 1 aliphatic rings. The lowest BCUT2D eigenvalue weighted by molar-refractivity contribution is -0.153. The normalized spacial score (nSPS) is 15.9. The van der Waals surface area contributed by atoms with E-state index in [0.717, 1.165) is 19.1 Å². The number of esters is 2. The van der Waals surface area contributed by atoms with E-state index >= 15 is 0 Å². The molecule has 12 heteroatoms. The summed E-state index contributed by atoms with van der Waals surface area (Å²) in [5.41, 5.74) is 5.80. The molecule has 0 aliphatic carbocycles. The highest BCUT2D eigenvalue weighted by molar-refractivity contribution is 9.10. The Morgan fingerprint density at radius 3 is 2.28 bits per heavy atom. The lowest BCUT2D eigenvalue weighted by Crippen LogP contribution is -2.41. The minimum absolute atomic E-state index is 0.147. The first-order valence-electron chi connectivity index (χ1n) is 10.2. The Morgan fingerprint density at radius 1 is 1.08 bits per heavy atom. The first-order chi connectivity index (χ1) is 17.1. The van der Waals surface area contributed by atoms with Gasteiger partial charge < -0.3 is 19.9 Å². The molecular formula is C24H19BrF3N3O5. The number of carbonyl (C=O) groups is 2. The summed E-state index contributed by atoms with van der Waals surface area (Å²) in [4.78, 5) is 27.2. The fourth-order valence-electron chi connectivity index (χ4n) is 3.73. The number of ether oxygens (including phenoxy) is 3. The number of para-hydroxylation sites is 1. The zero-order valence-corrected chi connectivity index (χ0v) is 20.5. The molecule has 0 bridgehead atoms. The summed E-state index contributed by atoms with van der Waals surface area (Å²) in [6, 6.07) is 14.3. The molecule has 0 fully saturated rings. The van der Waals surface area contributed by atoms with Crippen molar-refractivity contribution in [1.29, 1.82) is 5.26 Å². The minimum atomic E-state index is -4.67. The number of nitrogens with zero attached hydrogens (tertiary/aromatic N) is 2. The van der Waals surface area contributed by atoms with Crippen LogP contribution in [-0.2, 0) is 19.1 Å². The van der Waals surface area contributed by atoms with Gasteiger partial charge in [0.15, 0.2) is 6.61 Å². The Hall–Kier alpha value is -3.98. The molecule has 0 spiro atoms. The van der Waals surface area contributed by atoms with E-state index in [1.165, 1.54) is 18.2 Å². The molecule has 0 saturated carbocycles. The monoisotopic (exact) mass is 565 g/mol. The molecule has 0 saturated heterocycles. The molecule has 3 rings (SSSR count). The molecule has 2 aromatic rings. The summed E-state index contributed by atoms with van der Waals surface area (Å²) >= 11 is 3.25. The number of hydrogen-bond acceptors (Lipinski definition) is 8. The fraction of sp³-hybridized carbons (Fsp3) is 0.208. The number of nitriles is 1. The van der Waals surface area contributed by atoms with Crippen molar-refractivity contribution < 1.29 is 37.0 Å². The largest absolute Gasteiger partial charge is 0.482 e. The van der Waals surface area contributed by atoms with Gasteiger partial charge in [0.1, 0.15) is 23.0 Å². The zero-order chi connectivity index (χ0) is 26.6. The molecule has 1 aliphatic heterocycles. The van der Waals surface area contributed by atoms with E-state index in [4.69, 9.17) is 19.9 Å². The molecule has 8 nitrogen and oxygen atoms in total. The van der Waals surface area contributed by atoms with Crippen molar-refractivity contribution in [2.45, 2.75) is 12.1 Å². The molecule has 0 aromatic heterocycles. The lowest BCUT2D eigenvalue weighted by Gasteiger charge is -2.36. The summed E-state index contributed by atoms with van der Waals surface area (Å²) < 4.78 is 53.9. The molecule has 1 unspecified atom stereocenters. The summed E-state index contributed by atoms with van der Waals surface area (Å²) in [5, 5.41) is 10.1. The van der Waals surface area contributed by atoms with Gasteiger partial charge in [-0.05, 0) is 33.6 Å². The van der Waals surface area contributed by atoms with E-state index in [1.54, 1.807) is 30.3 Å². The van der Waals surface area contributed by atoms with Crippen LogP contribution in [0.1, 0.15) is 11.5 Å². The number of rotatable bonds is 6. The first-order valence-corrected chi connectivity index (χ1v) is 11.0. The predicted octanol–water partition coefficient (Wildman–Crippen LogP) is 4.29. The van der Waals surface area contributed by atoms with Crippen LogP contribution in [0.5, 0.6) is 5.75 Å². The van der Waals surface area contributed by atoms with E-state index in [-0.39, 0.29) is 32.9 Å². The lowest BCUT2D eigenvalue weighted by atomic mass is 9.81. The maximum atomic E-state index is 13.1. The van der Waals surface area contributed by atoms with E-state index < -0.39 is 36.3 Å². The van der Waals surface area contributed by atoms with Crippen molar-refractivity contribution in [3.63, 3.8) is 0 Å². The van der Waals surface area contributed by atoms with Crippen LogP contribution in [-0.4, -0.2) is 38.9 Å². The van der Waals surface area contributed by atoms with E-state index in [1.807, 2.05) is 6.07 Å². The SMILES string of the molecule is COC(=O)C1=C(C(=O)OC)N(c2c(Br)cccc2OCC(F)(F)F)C(N)=C(C#N)C1c1ccccc1.